The molecule has 0 aromatic heterocycles. The largest absolute Gasteiger partial charge is 0.391 e. The van der Waals surface area contributed by atoms with E-state index in [1.807, 2.05) is 20.8 Å². The van der Waals surface area contributed by atoms with Crippen molar-refractivity contribution in [1.82, 2.24) is 5.32 Å². The number of nitrogens with one attached hydrogen (secondary N) is 1. The Bertz CT molecular complexity index is 503. The topological polar surface area (TPSA) is 49.3 Å². The summed E-state index contributed by atoms with van der Waals surface area (Å²) >= 11 is 0. The van der Waals surface area contributed by atoms with Gasteiger partial charge in [0.05, 0.1) is 11.5 Å². The van der Waals surface area contributed by atoms with Gasteiger partial charge in [-0.3, -0.25) is 4.79 Å². The molecule has 2 N–H and O–H groups in total. The van der Waals surface area contributed by atoms with E-state index in [1.54, 1.807) is 12.1 Å². The normalized spacial score (nSPS) is 18.4. The summed E-state index contributed by atoms with van der Waals surface area (Å²) in [7, 11) is 0. The van der Waals surface area contributed by atoms with Gasteiger partial charge in [-0.25, -0.2) is 4.39 Å². The lowest BCUT2D eigenvalue weighted by Gasteiger charge is -2.27. The van der Waals surface area contributed by atoms with Crippen molar-refractivity contribution in [2.24, 2.45) is 5.41 Å². The van der Waals surface area contributed by atoms with Gasteiger partial charge in [0, 0.05) is 6.54 Å². The first-order chi connectivity index (χ1) is 9.25. The minimum absolute atomic E-state index is 0.119. The quantitative estimate of drug-likeness (QED) is 0.889. The zero-order chi connectivity index (χ0) is 15.0. The zero-order valence-electron chi connectivity index (χ0n) is 12.2. The van der Waals surface area contributed by atoms with Crippen molar-refractivity contribution in [2.45, 2.75) is 45.1 Å². The first-order valence-corrected chi connectivity index (χ1v) is 6.98. The van der Waals surface area contributed by atoms with Crippen molar-refractivity contribution >= 4 is 5.91 Å². The highest BCUT2D eigenvalue weighted by atomic mass is 19.1. The van der Waals surface area contributed by atoms with Crippen molar-refractivity contribution in [1.29, 1.82) is 0 Å². The number of hydrogen-bond donors (Lipinski definition) is 2. The van der Waals surface area contributed by atoms with Gasteiger partial charge >= 0.3 is 0 Å². The maximum Gasteiger partial charge on any atom is 0.230 e. The highest BCUT2D eigenvalue weighted by Gasteiger charge is 2.51. The number of carbonyl (C=O) groups is 1. The van der Waals surface area contributed by atoms with Crippen LogP contribution in [0.4, 0.5) is 4.39 Å². The summed E-state index contributed by atoms with van der Waals surface area (Å²) in [4.78, 5) is 12.3. The van der Waals surface area contributed by atoms with Crippen molar-refractivity contribution in [3.05, 3.63) is 35.6 Å². The molecule has 4 heteroatoms. The number of aliphatic hydroxyl groups excluding tert-OH is 1. The molecular formula is C16H22FNO2. The molecule has 1 atom stereocenters. The first-order valence-electron chi connectivity index (χ1n) is 6.98. The predicted molar refractivity (Wildman–Crippen MR) is 75.8 cm³/mol. The molecule has 1 amide bonds. The Morgan fingerprint density at radius 1 is 1.45 bits per heavy atom. The summed E-state index contributed by atoms with van der Waals surface area (Å²) in [5, 5.41) is 12.8. The molecule has 1 unspecified atom stereocenters. The Hall–Kier alpha value is -1.42. The molecule has 0 radical (unpaired) electrons. The van der Waals surface area contributed by atoms with Gasteiger partial charge < -0.3 is 10.4 Å². The minimum Gasteiger partial charge on any atom is -0.391 e. The third-order valence-corrected chi connectivity index (χ3v) is 4.02. The van der Waals surface area contributed by atoms with E-state index in [0.717, 1.165) is 18.4 Å². The van der Waals surface area contributed by atoms with E-state index in [-0.39, 0.29) is 23.7 Å². The maximum atomic E-state index is 13.3. The van der Waals surface area contributed by atoms with E-state index in [9.17, 15) is 14.3 Å². The van der Waals surface area contributed by atoms with Crippen LogP contribution in [0.5, 0.6) is 0 Å². The molecule has 110 valence electrons. The highest BCUT2D eigenvalue weighted by Crippen LogP contribution is 2.48. The molecule has 1 fully saturated rings. The summed E-state index contributed by atoms with van der Waals surface area (Å²) in [5.74, 6) is -0.442. The lowest BCUT2D eigenvalue weighted by atomic mass is 9.88. The molecular weight excluding hydrogens is 257 g/mol. The van der Waals surface area contributed by atoms with Crippen LogP contribution >= 0.6 is 0 Å². The van der Waals surface area contributed by atoms with Crippen LogP contribution in [0.1, 0.15) is 39.2 Å². The molecule has 1 aliphatic rings. The fourth-order valence-corrected chi connectivity index (χ4v) is 2.22. The lowest BCUT2D eigenvalue weighted by Crippen LogP contribution is -2.43. The van der Waals surface area contributed by atoms with Crippen LogP contribution in [0.25, 0.3) is 0 Å². The summed E-state index contributed by atoms with van der Waals surface area (Å²) in [5.41, 5.74) is -0.150. The molecule has 1 aromatic rings. The molecule has 1 aliphatic carbocycles. The molecule has 0 heterocycles. The maximum absolute atomic E-state index is 13.3. The van der Waals surface area contributed by atoms with Crippen LogP contribution in [0.3, 0.4) is 0 Å². The van der Waals surface area contributed by atoms with E-state index in [4.69, 9.17) is 0 Å². The van der Waals surface area contributed by atoms with Gasteiger partial charge in [-0.2, -0.15) is 0 Å². The number of carbonyl (C=O) groups excluding carboxylic acids is 1. The third kappa shape index (κ3) is 3.01. The van der Waals surface area contributed by atoms with Gasteiger partial charge in [0.2, 0.25) is 5.91 Å². The summed E-state index contributed by atoms with van der Waals surface area (Å²) in [6.07, 6.45) is 0.858. The molecule has 1 saturated carbocycles. The molecule has 0 saturated heterocycles. The number of rotatable bonds is 4. The Labute approximate surface area is 119 Å². The molecule has 3 nitrogen and oxygen atoms in total. The second-order valence-corrected chi connectivity index (χ2v) is 6.68. The molecule has 2 rings (SSSR count). The predicted octanol–water partition coefficient (Wildman–Crippen LogP) is 2.38. The second-order valence-electron chi connectivity index (χ2n) is 6.68. The molecule has 0 aliphatic heterocycles. The first kappa shape index (κ1) is 15.0. The smallest absolute Gasteiger partial charge is 0.230 e. The molecule has 20 heavy (non-hydrogen) atoms. The highest BCUT2D eigenvalue weighted by molar-refractivity contribution is 5.91. The summed E-state index contributed by atoms with van der Waals surface area (Å²) < 4.78 is 13.3. The van der Waals surface area contributed by atoms with E-state index < -0.39 is 11.5 Å². The van der Waals surface area contributed by atoms with Gasteiger partial charge in [-0.05, 0) is 36.0 Å². The van der Waals surface area contributed by atoms with E-state index in [0.29, 0.717) is 0 Å². The Kier molecular flexibility index (Phi) is 3.87. The molecule has 0 spiro atoms. The molecule has 0 bridgehead atoms. The van der Waals surface area contributed by atoms with Crippen LogP contribution in [0.15, 0.2) is 24.3 Å². The van der Waals surface area contributed by atoms with Crippen LogP contribution in [0, 0.1) is 11.2 Å². The number of hydrogen-bond acceptors (Lipinski definition) is 2. The van der Waals surface area contributed by atoms with Gasteiger partial charge in [-0.15, -0.1) is 0 Å². The number of halogens is 1. The Balaban J connectivity index is 2.03. The van der Waals surface area contributed by atoms with Crippen LogP contribution in [-0.2, 0) is 10.2 Å². The number of amides is 1. The number of aliphatic hydroxyl groups is 1. The average molecular weight is 279 g/mol. The monoisotopic (exact) mass is 279 g/mol. The van der Waals surface area contributed by atoms with Gasteiger partial charge in [-0.1, -0.05) is 32.9 Å². The van der Waals surface area contributed by atoms with Crippen LogP contribution in [-0.4, -0.2) is 23.7 Å². The van der Waals surface area contributed by atoms with Crippen molar-refractivity contribution in [3.63, 3.8) is 0 Å². The fraction of sp³-hybridized carbons (Fsp3) is 0.562. The lowest BCUT2D eigenvalue weighted by molar-refractivity contribution is -0.124. The van der Waals surface area contributed by atoms with Gasteiger partial charge in [0.15, 0.2) is 0 Å². The number of benzene rings is 1. The minimum atomic E-state index is -0.602. The van der Waals surface area contributed by atoms with Gasteiger partial charge in [0.25, 0.3) is 0 Å². The van der Waals surface area contributed by atoms with Crippen LogP contribution < -0.4 is 5.32 Å². The standard InChI is InChI=1S/C16H22FNO2/c1-15(2,3)13(19)10-18-14(20)16(7-8-16)11-5-4-6-12(17)9-11/h4-6,9,13,19H,7-8,10H2,1-3H3,(H,18,20). The average Bonchev–Trinajstić information content (AvgIpc) is 3.15. The summed E-state index contributed by atoms with van der Waals surface area (Å²) in [6.45, 7) is 5.98. The third-order valence-electron chi connectivity index (χ3n) is 4.02. The molecule has 1 aromatic carbocycles. The SMILES string of the molecule is CC(C)(C)C(O)CNC(=O)C1(c2cccc(F)c2)CC1. The van der Waals surface area contributed by atoms with Crippen molar-refractivity contribution in [3.8, 4) is 0 Å². The zero-order valence-corrected chi connectivity index (χ0v) is 12.2. The van der Waals surface area contributed by atoms with E-state index in [2.05, 4.69) is 5.32 Å². The van der Waals surface area contributed by atoms with E-state index >= 15 is 0 Å². The van der Waals surface area contributed by atoms with Crippen LogP contribution in [0.2, 0.25) is 0 Å². The Morgan fingerprint density at radius 3 is 2.60 bits per heavy atom. The fourth-order valence-electron chi connectivity index (χ4n) is 2.22. The van der Waals surface area contributed by atoms with Crippen molar-refractivity contribution in [2.75, 3.05) is 6.54 Å². The second kappa shape index (κ2) is 5.17. The Morgan fingerprint density at radius 2 is 2.10 bits per heavy atom. The summed E-state index contributed by atoms with van der Waals surface area (Å²) in [6, 6.07) is 6.21. The van der Waals surface area contributed by atoms with Crippen molar-refractivity contribution < 1.29 is 14.3 Å². The van der Waals surface area contributed by atoms with Gasteiger partial charge in [0.1, 0.15) is 5.82 Å². The van der Waals surface area contributed by atoms with E-state index in [1.165, 1.54) is 12.1 Å².